The molecule has 1 rings (SSSR count). The third kappa shape index (κ3) is 4.70. The van der Waals surface area contributed by atoms with Crippen LogP contribution >= 0.6 is 0 Å². The standard InChI is InChI=1S/C14H22N2O4/c1-3-5-15(6-7-17)12-9-13(16(18)19)11-14(10-12)20-8-4-2/h9-11,17H,3-8H2,1-2H3. The number of aliphatic hydroxyl groups is 1. The molecule has 0 bridgehead atoms. The van der Waals surface area contributed by atoms with Crippen molar-refractivity contribution in [1.29, 1.82) is 0 Å². The number of rotatable bonds is 9. The summed E-state index contributed by atoms with van der Waals surface area (Å²) in [6.45, 7) is 5.71. The summed E-state index contributed by atoms with van der Waals surface area (Å²) in [5, 5.41) is 20.1. The predicted molar refractivity (Wildman–Crippen MR) is 78.5 cm³/mol. The molecule has 1 N–H and O–H groups in total. The normalized spacial score (nSPS) is 10.3. The quantitative estimate of drug-likeness (QED) is 0.556. The van der Waals surface area contributed by atoms with Gasteiger partial charge < -0.3 is 14.7 Å². The van der Waals surface area contributed by atoms with E-state index in [9.17, 15) is 10.1 Å². The minimum Gasteiger partial charge on any atom is -0.493 e. The monoisotopic (exact) mass is 282 g/mol. The highest BCUT2D eigenvalue weighted by molar-refractivity contribution is 5.58. The van der Waals surface area contributed by atoms with Crippen LogP contribution in [0.4, 0.5) is 11.4 Å². The summed E-state index contributed by atoms with van der Waals surface area (Å²) in [5.74, 6) is 0.495. The van der Waals surface area contributed by atoms with Gasteiger partial charge in [0.1, 0.15) is 5.75 Å². The van der Waals surface area contributed by atoms with Crippen LogP contribution in [0.5, 0.6) is 5.75 Å². The van der Waals surface area contributed by atoms with Crippen molar-refractivity contribution in [2.24, 2.45) is 0 Å². The topological polar surface area (TPSA) is 75.8 Å². The zero-order chi connectivity index (χ0) is 15.0. The van der Waals surface area contributed by atoms with Gasteiger partial charge in [-0.3, -0.25) is 10.1 Å². The maximum absolute atomic E-state index is 11.0. The summed E-state index contributed by atoms with van der Waals surface area (Å²) in [5.41, 5.74) is 0.717. The lowest BCUT2D eigenvalue weighted by Crippen LogP contribution is -2.27. The van der Waals surface area contributed by atoms with Gasteiger partial charge in [-0.25, -0.2) is 0 Å². The first-order valence-corrected chi connectivity index (χ1v) is 6.90. The Bertz CT molecular complexity index is 431. The van der Waals surface area contributed by atoms with E-state index in [-0.39, 0.29) is 12.3 Å². The number of non-ortho nitro benzene ring substituents is 1. The Kier molecular flexibility index (Phi) is 6.79. The smallest absolute Gasteiger partial charge is 0.275 e. The van der Waals surface area contributed by atoms with E-state index >= 15 is 0 Å². The minimum absolute atomic E-state index is 0.00708. The van der Waals surface area contributed by atoms with Crippen LogP contribution in [0, 0.1) is 10.1 Å². The molecule has 6 nitrogen and oxygen atoms in total. The number of nitro benzene ring substituents is 1. The van der Waals surface area contributed by atoms with Crippen molar-refractivity contribution in [2.75, 3.05) is 31.2 Å². The molecule has 20 heavy (non-hydrogen) atoms. The second-order valence-electron chi connectivity index (χ2n) is 4.50. The molecular formula is C14H22N2O4. The van der Waals surface area contributed by atoms with Crippen molar-refractivity contribution in [3.63, 3.8) is 0 Å². The van der Waals surface area contributed by atoms with Crippen molar-refractivity contribution in [3.05, 3.63) is 28.3 Å². The highest BCUT2D eigenvalue weighted by Crippen LogP contribution is 2.28. The Morgan fingerprint density at radius 1 is 1.25 bits per heavy atom. The van der Waals surface area contributed by atoms with Gasteiger partial charge in [0.05, 0.1) is 24.2 Å². The lowest BCUT2D eigenvalue weighted by atomic mass is 10.2. The highest BCUT2D eigenvalue weighted by Gasteiger charge is 2.14. The largest absolute Gasteiger partial charge is 0.493 e. The Balaban J connectivity index is 3.07. The molecule has 0 aliphatic heterocycles. The summed E-state index contributed by atoms with van der Waals surface area (Å²) in [4.78, 5) is 12.5. The van der Waals surface area contributed by atoms with Gasteiger partial charge in [0.2, 0.25) is 0 Å². The SMILES string of the molecule is CCCOc1cc(N(CCC)CCO)cc([N+](=O)[O-])c1. The predicted octanol–water partition coefficient (Wildman–Crippen LogP) is 2.59. The zero-order valence-corrected chi connectivity index (χ0v) is 12.0. The molecule has 6 heteroatoms. The molecule has 0 spiro atoms. The number of hydrogen-bond donors (Lipinski definition) is 1. The molecule has 112 valence electrons. The summed E-state index contributed by atoms with van der Waals surface area (Å²) >= 11 is 0. The van der Waals surface area contributed by atoms with E-state index < -0.39 is 4.92 Å². The zero-order valence-electron chi connectivity index (χ0n) is 12.0. The van der Waals surface area contributed by atoms with Crippen molar-refractivity contribution < 1.29 is 14.8 Å². The average molecular weight is 282 g/mol. The first-order chi connectivity index (χ1) is 9.62. The van der Waals surface area contributed by atoms with Gasteiger partial charge >= 0.3 is 0 Å². The number of nitro groups is 1. The van der Waals surface area contributed by atoms with Gasteiger partial charge in [0.25, 0.3) is 5.69 Å². The molecule has 1 aromatic rings. The van der Waals surface area contributed by atoms with Crippen LogP contribution in [0.1, 0.15) is 26.7 Å². The van der Waals surface area contributed by atoms with E-state index in [0.29, 0.717) is 24.6 Å². The van der Waals surface area contributed by atoms with Crippen molar-refractivity contribution >= 4 is 11.4 Å². The number of aliphatic hydroxyl groups excluding tert-OH is 1. The summed E-state index contributed by atoms with van der Waals surface area (Å²) in [6.07, 6.45) is 1.74. The molecule has 1 aromatic carbocycles. The molecule has 0 radical (unpaired) electrons. The number of ether oxygens (including phenoxy) is 1. The van der Waals surface area contributed by atoms with Crippen molar-refractivity contribution in [3.8, 4) is 5.75 Å². The molecule has 0 aromatic heterocycles. The molecule has 0 amide bonds. The third-order valence-electron chi connectivity index (χ3n) is 2.79. The van der Waals surface area contributed by atoms with Crippen LogP contribution < -0.4 is 9.64 Å². The second kappa shape index (κ2) is 8.37. The molecule has 0 fully saturated rings. The Morgan fingerprint density at radius 2 is 2.00 bits per heavy atom. The fourth-order valence-corrected chi connectivity index (χ4v) is 1.92. The Morgan fingerprint density at radius 3 is 2.55 bits per heavy atom. The number of anilines is 1. The second-order valence-corrected chi connectivity index (χ2v) is 4.50. The van der Waals surface area contributed by atoms with E-state index in [4.69, 9.17) is 9.84 Å². The average Bonchev–Trinajstić information content (AvgIpc) is 2.44. The molecule has 0 aliphatic carbocycles. The highest BCUT2D eigenvalue weighted by atomic mass is 16.6. The van der Waals surface area contributed by atoms with E-state index in [0.717, 1.165) is 19.4 Å². The van der Waals surface area contributed by atoms with E-state index in [1.165, 1.54) is 12.1 Å². The molecule has 0 atom stereocenters. The third-order valence-corrected chi connectivity index (χ3v) is 2.79. The van der Waals surface area contributed by atoms with Gasteiger partial charge in [-0.15, -0.1) is 0 Å². The van der Waals surface area contributed by atoms with Crippen LogP contribution in [0.3, 0.4) is 0 Å². The summed E-state index contributed by atoms with van der Waals surface area (Å²) in [7, 11) is 0. The van der Waals surface area contributed by atoms with Crippen LogP contribution in [0.2, 0.25) is 0 Å². The summed E-state index contributed by atoms with van der Waals surface area (Å²) < 4.78 is 5.50. The fraction of sp³-hybridized carbons (Fsp3) is 0.571. The Labute approximate surface area is 119 Å². The molecular weight excluding hydrogens is 260 g/mol. The number of hydrogen-bond acceptors (Lipinski definition) is 5. The van der Waals surface area contributed by atoms with Crippen molar-refractivity contribution in [1.82, 2.24) is 0 Å². The fourth-order valence-electron chi connectivity index (χ4n) is 1.92. The summed E-state index contributed by atoms with van der Waals surface area (Å²) in [6, 6.07) is 4.74. The van der Waals surface area contributed by atoms with E-state index in [1.54, 1.807) is 6.07 Å². The first-order valence-electron chi connectivity index (χ1n) is 6.90. The van der Waals surface area contributed by atoms with Gasteiger partial charge in [-0.2, -0.15) is 0 Å². The van der Waals surface area contributed by atoms with E-state index in [2.05, 4.69) is 0 Å². The maximum Gasteiger partial charge on any atom is 0.275 e. The molecule has 0 saturated carbocycles. The van der Waals surface area contributed by atoms with Gasteiger partial charge in [-0.1, -0.05) is 13.8 Å². The van der Waals surface area contributed by atoms with Crippen LogP contribution in [-0.2, 0) is 0 Å². The van der Waals surface area contributed by atoms with E-state index in [1.807, 2.05) is 18.7 Å². The van der Waals surface area contributed by atoms with Crippen LogP contribution in [0.25, 0.3) is 0 Å². The maximum atomic E-state index is 11.0. The van der Waals surface area contributed by atoms with Crippen LogP contribution in [-0.4, -0.2) is 36.3 Å². The molecule has 0 unspecified atom stereocenters. The van der Waals surface area contributed by atoms with Crippen molar-refractivity contribution in [2.45, 2.75) is 26.7 Å². The number of nitrogens with zero attached hydrogens (tertiary/aromatic N) is 2. The molecule has 0 saturated heterocycles. The Hall–Kier alpha value is -1.82. The lowest BCUT2D eigenvalue weighted by molar-refractivity contribution is -0.384. The molecule has 0 aliphatic rings. The van der Waals surface area contributed by atoms with Crippen LogP contribution in [0.15, 0.2) is 18.2 Å². The minimum atomic E-state index is -0.425. The molecule has 0 heterocycles. The van der Waals surface area contributed by atoms with Gasteiger partial charge in [0.15, 0.2) is 0 Å². The van der Waals surface area contributed by atoms with Gasteiger partial charge in [0, 0.05) is 30.9 Å². The number of benzene rings is 1. The lowest BCUT2D eigenvalue weighted by Gasteiger charge is -2.23. The first kappa shape index (κ1) is 16.2. The van der Waals surface area contributed by atoms with Gasteiger partial charge in [-0.05, 0) is 12.8 Å².